The molecule has 3 nitrogen and oxygen atoms in total. The molecule has 0 fully saturated rings. The van der Waals surface area contributed by atoms with E-state index in [0.29, 0.717) is 6.42 Å². The van der Waals surface area contributed by atoms with Crippen LogP contribution in [0.4, 0.5) is 5.69 Å². The summed E-state index contributed by atoms with van der Waals surface area (Å²) in [5.41, 5.74) is 4.28. The fourth-order valence-electron chi connectivity index (χ4n) is 2.95. The van der Waals surface area contributed by atoms with Crippen molar-refractivity contribution in [3.8, 4) is 0 Å². The summed E-state index contributed by atoms with van der Waals surface area (Å²) in [7, 11) is 0. The van der Waals surface area contributed by atoms with Crippen LogP contribution < -0.4 is 5.32 Å². The van der Waals surface area contributed by atoms with E-state index < -0.39 is 0 Å². The Kier molecular flexibility index (Phi) is 3.28. The van der Waals surface area contributed by atoms with Crippen molar-refractivity contribution >= 4 is 11.6 Å². The minimum absolute atomic E-state index is 0.0255. The van der Waals surface area contributed by atoms with Crippen LogP contribution >= 0.6 is 0 Å². The molecule has 1 aliphatic rings. The molecular formula is C17H17NO2. The van der Waals surface area contributed by atoms with Crippen molar-refractivity contribution in [2.24, 2.45) is 0 Å². The molecule has 0 aliphatic heterocycles. The minimum atomic E-state index is -0.376. The van der Waals surface area contributed by atoms with Gasteiger partial charge in [-0.3, -0.25) is 4.79 Å². The van der Waals surface area contributed by atoms with Gasteiger partial charge >= 0.3 is 0 Å². The first kappa shape index (κ1) is 12.9. The lowest BCUT2D eigenvalue weighted by molar-refractivity contribution is -0.114. The van der Waals surface area contributed by atoms with E-state index in [9.17, 15) is 9.90 Å². The molecule has 0 spiro atoms. The summed E-state index contributed by atoms with van der Waals surface area (Å²) in [6.07, 6.45) is 0.327. The largest absolute Gasteiger partial charge is 0.392 e. The highest BCUT2D eigenvalue weighted by Crippen LogP contribution is 2.38. The van der Waals surface area contributed by atoms with Gasteiger partial charge in [0.05, 0.1) is 6.10 Å². The number of carbonyl (C=O) groups excluding carboxylic acids is 1. The predicted octanol–water partition coefficient (Wildman–Crippen LogP) is 2.69. The molecule has 0 aromatic heterocycles. The Hall–Kier alpha value is -2.13. The molecule has 1 aliphatic carbocycles. The third-order valence-corrected chi connectivity index (χ3v) is 3.79. The van der Waals surface area contributed by atoms with Gasteiger partial charge in [-0.1, -0.05) is 36.4 Å². The van der Waals surface area contributed by atoms with Gasteiger partial charge in [0, 0.05) is 18.5 Å². The molecule has 2 aromatic carbocycles. The van der Waals surface area contributed by atoms with Crippen LogP contribution in [0.15, 0.2) is 48.5 Å². The first-order valence-corrected chi connectivity index (χ1v) is 6.78. The lowest BCUT2D eigenvalue weighted by atomic mass is 9.91. The van der Waals surface area contributed by atoms with Gasteiger partial charge in [-0.15, -0.1) is 0 Å². The Morgan fingerprint density at radius 2 is 1.85 bits per heavy atom. The number of hydrogen-bond donors (Lipinski definition) is 2. The molecule has 20 heavy (non-hydrogen) atoms. The monoisotopic (exact) mass is 267 g/mol. The summed E-state index contributed by atoms with van der Waals surface area (Å²) in [6, 6.07) is 15.9. The third-order valence-electron chi connectivity index (χ3n) is 3.79. The van der Waals surface area contributed by atoms with Crippen LogP contribution in [-0.2, 0) is 11.2 Å². The SMILES string of the molecule is CC(=O)Nc1ccc(C2c3ccccc3CC2O)cc1. The van der Waals surface area contributed by atoms with Crippen molar-refractivity contribution in [2.75, 3.05) is 5.32 Å². The summed E-state index contributed by atoms with van der Waals surface area (Å²) in [5, 5.41) is 13.1. The van der Waals surface area contributed by atoms with Gasteiger partial charge in [0.2, 0.25) is 5.91 Å². The Bertz CT molecular complexity index is 634. The zero-order valence-corrected chi connectivity index (χ0v) is 11.3. The quantitative estimate of drug-likeness (QED) is 0.879. The highest BCUT2D eigenvalue weighted by molar-refractivity contribution is 5.88. The van der Waals surface area contributed by atoms with Crippen molar-refractivity contribution in [1.82, 2.24) is 0 Å². The number of nitrogens with one attached hydrogen (secondary N) is 1. The van der Waals surface area contributed by atoms with Gasteiger partial charge in [-0.05, 0) is 35.2 Å². The summed E-state index contributed by atoms with van der Waals surface area (Å²) in [4.78, 5) is 11.0. The smallest absolute Gasteiger partial charge is 0.221 e. The predicted molar refractivity (Wildman–Crippen MR) is 78.7 cm³/mol. The van der Waals surface area contributed by atoms with Crippen molar-refractivity contribution in [2.45, 2.75) is 25.4 Å². The molecule has 0 radical (unpaired) electrons. The van der Waals surface area contributed by atoms with E-state index in [2.05, 4.69) is 17.4 Å². The van der Waals surface area contributed by atoms with E-state index in [1.165, 1.54) is 18.1 Å². The standard InChI is InChI=1S/C17H17NO2/c1-11(19)18-14-8-6-12(7-9-14)17-15-5-3-2-4-13(15)10-16(17)20/h2-9,16-17,20H,10H2,1H3,(H,18,19). The number of benzene rings is 2. The number of rotatable bonds is 2. The number of carbonyl (C=O) groups is 1. The lowest BCUT2D eigenvalue weighted by Gasteiger charge is -2.17. The number of aliphatic hydroxyl groups excluding tert-OH is 1. The van der Waals surface area contributed by atoms with E-state index in [1.807, 2.05) is 36.4 Å². The molecular weight excluding hydrogens is 250 g/mol. The molecule has 0 saturated heterocycles. The maximum absolute atomic E-state index is 11.0. The number of fused-ring (bicyclic) bond motifs is 1. The van der Waals surface area contributed by atoms with Crippen molar-refractivity contribution in [3.05, 3.63) is 65.2 Å². The molecule has 2 unspecified atom stereocenters. The van der Waals surface area contributed by atoms with Crippen LogP contribution in [-0.4, -0.2) is 17.1 Å². The summed E-state index contributed by atoms with van der Waals surface area (Å²) < 4.78 is 0. The Labute approximate surface area is 118 Å². The zero-order valence-electron chi connectivity index (χ0n) is 11.3. The van der Waals surface area contributed by atoms with Crippen LogP contribution in [0.2, 0.25) is 0 Å². The van der Waals surface area contributed by atoms with Crippen LogP contribution in [0.25, 0.3) is 0 Å². The molecule has 0 bridgehead atoms. The average molecular weight is 267 g/mol. The van der Waals surface area contributed by atoms with Crippen molar-refractivity contribution in [3.63, 3.8) is 0 Å². The Morgan fingerprint density at radius 1 is 1.15 bits per heavy atom. The van der Waals surface area contributed by atoms with E-state index in [-0.39, 0.29) is 17.9 Å². The maximum Gasteiger partial charge on any atom is 0.221 e. The fraction of sp³-hybridized carbons (Fsp3) is 0.235. The van der Waals surface area contributed by atoms with Gasteiger partial charge in [-0.2, -0.15) is 0 Å². The average Bonchev–Trinajstić information content (AvgIpc) is 2.75. The second-order valence-electron chi connectivity index (χ2n) is 5.25. The first-order chi connectivity index (χ1) is 9.65. The first-order valence-electron chi connectivity index (χ1n) is 6.78. The number of aliphatic hydroxyl groups is 1. The topological polar surface area (TPSA) is 49.3 Å². The summed E-state index contributed by atoms with van der Waals surface area (Å²) in [6.45, 7) is 1.49. The molecule has 1 amide bonds. The van der Waals surface area contributed by atoms with Crippen LogP contribution in [0.3, 0.4) is 0 Å². The zero-order chi connectivity index (χ0) is 14.1. The highest BCUT2D eigenvalue weighted by atomic mass is 16.3. The molecule has 102 valence electrons. The van der Waals surface area contributed by atoms with E-state index in [0.717, 1.165) is 11.3 Å². The number of hydrogen-bond acceptors (Lipinski definition) is 2. The normalized spacial score (nSPS) is 20.5. The molecule has 2 aromatic rings. The van der Waals surface area contributed by atoms with Crippen LogP contribution in [0.5, 0.6) is 0 Å². The fourth-order valence-corrected chi connectivity index (χ4v) is 2.95. The van der Waals surface area contributed by atoms with Crippen LogP contribution in [0, 0.1) is 0 Å². The van der Waals surface area contributed by atoms with Gasteiger partial charge in [-0.25, -0.2) is 0 Å². The second kappa shape index (κ2) is 5.10. The van der Waals surface area contributed by atoms with Gasteiger partial charge in [0.1, 0.15) is 0 Å². The molecule has 3 rings (SSSR count). The lowest BCUT2D eigenvalue weighted by Crippen LogP contribution is -2.14. The summed E-state index contributed by atoms with van der Waals surface area (Å²) in [5.74, 6) is -0.0541. The molecule has 0 saturated carbocycles. The van der Waals surface area contributed by atoms with Crippen molar-refractivity contribution < 1.29 is 9.90 Å². The molecule has 3 heteroatoms. The Morgan fingerprint density at radius 3 is 2.55 bits per heavy atom. The van der Waals surface area contributed by atoms with E-state index >= 15 is 0 Å². The van der Waals surface area contributed by atoms with Gasteiger partial charge < -0.3 is 10.4 Å². The van der Waals surface area contributed by atoms with Crippen LogP contribution in [0.1, 0.15) is 29.5 Å². The number of amides is 1. The van der Waals surface area contributed by atoms with Gasteiger partial charge in [0.25, 0.3) is 0 Å². The summed E-state index contributed by atoms with van der Waals surface area (Å²) >= 11 is 0. The van der Waals surface area contributed by atoms with E-state index in [4.69, 9.17) is 0 Å². The maximum atomic E-state index is 11.0. The van der Waals surface area contributed by atoms with Gasteiger partial charge in [0.15, 0.2) is 0 Å². The molecule has 0 heterocycles. The molecule has 2 atom stereocenters. The number of anilines is 1. The van der Waals surface area contributed by atoms with E-state index in [1.54, 1.807) is 0 Å². The molecule has 2 N–H and O–H groups in total. The highest BCUT2D eigenvalue weighted by Gasteiger charge is 2.31. The minimum Gasteiger partial charge on any atom is -0.392 e. The third kappa shape index (κ3) is 2.32. The second-order valence-corrected chi connectivity index (χ2v) is 5.25. The van der Waals surface area contributed by atoms with Crippen molar-refractivity contribution in [1.29, 1.82) is 0 Å². The Balaban J connectivity index is 1.91.